The molecule has 100 valence electrons. The Morgan fingerprint density at radius 2 is 1.85 bits per heavy atom. The second-order valence-electron chi connectivity index (χ2n) is 4.09. The number of carbonyl (C=O) groups excluding carboxylic acids is 1. The van der Waals surface area contributed by atoms with Gasteiger partial charge in [0.25, 0.3) is 0 Å². The number of benzene rings is 2. The highest BCUT2D eigenvalue weighted by molar-refractivity contribution is 6.42. The normalized spacial score (nSPS) is 9.85. The summed E-state index contributed by atoms with van der Waals surface area (Å²) in [7, 11) is 0. The van der Waals surface area contributed by atoms with Gasteiger partial charge in [-0.05, 0) is 35.4 Å². The Morgan fingerprint density at radius 1 is 1.10 bits per heavy atom. The van der Waals surface area contributed by atoms with Gasteiger partial charge in [-0.1, -0.05) is 41.4 Å². The molecule has 0 aliphatic carbocycles. The lowest BCUT2D eigenvalue weighted by molar-refractivity contribution is -0.115. The highest BCUT2D eigenvalue weighted by Gasteiger charge is 2.05. The van der Waals surface area contributed by atoms with Crippen LogP contribution in [0.15, 0.2) is 42.5 Å². The third kappa shape index (κ3) is 3.51. The van der Waals surface area contributed by atoms with Gasteiger partial charge in [0.1, 0.15) is 6.42 Å². The highest BCUT2D eigenvalue weighted by Crippen LogP contribution is 2.29. The molecule has 0 aliphatic rings. The summed E-state index contributed by atoms with van der Waals surface area (Å²) in [5, 5.41) is 12.1. The van der Waals surface area contributed by atoms with E-state index in [0.717, 1.165) is 11.1 Å². The van der Waals surface area contributed by atoms with Crippen molar-refractivity contribution in [3.8, 4) is 17.2 Å². The van der Waals surface area contributed by atoms with Crippen molar-refractivity contribution in [2.75, 3.05) is 5.32 Å². The fourth-order valence-electron chi connectivity index (χ4n) is 1.73. The first-order valence-electron chi connectivity index (χ1n) is 5.82. The van der Waals surface area contributed by atoms with Crippen LogP contribution in [-0.4, -0.2) is 5.91 Å². The third-order valence-corrected chi connectivity index (χ3v) is 3.38. The number of amides is 1. The van der Waals surface area contributed by atoms with Crippen LogP contribution in [-0.2, 0) is 4.79 Å². The number of rotatable bonds is 3. The highest BCUT2D eigenvalue weighted by atomic mass is 35.5. The molecule has 0 atom stereocenters. The number of hydrogen-bond donors (Lipinski definition) is 1. The second kappa shape index (κ2) is 6.42. The van der Waals surface area contributed by atoms with E-state index >= 15 is 0 Å². The molecule has 1 amide bonds. The average Bonchev–Trinajstić information content (AvgIpc) is 2.42. The molecule has 3 nitrogen and oxygen atoms in total. The maximum Gasteiger partial charge on any atom is 0.238 e. The van der Waals surface area contributed by atoms with E-state index in [-0.39, 0.29) is 12.3 Å². The quantitative estimate of drug-likeness (QED) is 0.907. The summed E-state index contributed by atoms with van der Waals surface area (Å²) in [6, 6.07) is 14.4. The Morgan fingerprint density at radius 3 is 2.55 bits per heavy atom. The van der Waals surface area contributed by atoms with Gasteiger partial charge in [0.2, 0.25) is 5.91 Å². The standard InChI is InChI=1S/C15H10Cl2N2O/c16-13-5-4-11(9-14(13)17)10-2-1-3-12(8-10)19-15(20)6-7-18/h1-5,8-9H,6H2,(H,19,20). The van der Waals surface area contributed by atoms with Crippen LogP contribution in [0.25, 0.3) is 11.1 Å². The molecule has 2 aromatic rings. The second-order valence-corrected chi connectivity index (χ2v) is 4.91. The minimum atomic E-state index is -0.334. The number of anilines is 1. The molecule has 20 heavy (non-hydrogen) atoms. The molecule has 0 saturated carbocycles. The zero-order valence-corrected chi connectivity index (χ0v) is 11.9. The van der Waals surface area contributed by atoms with Crippen LogP contribution in [0.4, 0.5) is 5.69 Å². The van der Waals surface area contributed by atoms with E-state index in [1.54, 1.807) is 24.3 Å². The molecule has 1 N–H and O–H groups in total. The van der Waals surface area contributed by atoms with Crippen molar-refractivity contribution in [3.63, 3.8) is 0 Å². The molecule has 0 saturated heterocycles. The van der Waals surface area contributed by atoms with Crippen LogP contribution in [0.3, 0.4) is 0 Å². The summed E-state index contributed by atoms with van der Waals surface area (Å²) in [4.78, 5) is 11.4. The maximum absolute atomic E-state index is 11.4. The summed E-state index contributed by atoms with van der Waals surface area (Å²) in [6.45, 7) is 0. The lowest BCUT2D eigenvalue weighted by Gasteiger charge is -2.07. The van der Waals surface area contributed by atoms with E-state index < -0.39 is 0 Å². The van der Waals surface area contributed by atoms with Crippen LogP contribution in [0.2, 0.25) is 10.0 Å². The fourth-order valence-corrected chi connectivity index (χ4v) is 2.03. The van der Waals surface area contributed by atoms with Crippen LogP contribution in [0.1, 0.15) is 6.42 Å². The minimum Gasteiger partial charge on any atom is -0.325 e. The van der Waals surface area contributed by atoms with Crippen LogP contribution in [0.5, 0.6) is 0 Å². The first-order chi connectivity index (χ1) is 9.60. The van der Waals surface area contributed by atoms with Crippen LogP contribution in [0, 0.1) is 11.3 Å². The van der Waals surface area contributed by atoms with Crippen molar-refractivity contribution in [2.45, 2.75) is 6.42 Å². The first kappa shape index (κ1) is 14.4. The van der Waals surface area contributed by atoms with Gasteiger partial charge in [0.15, 0.2) is 0 Å². The molecule has 0 radical (unpaired) electrons. The van der Waals surface area contributed by atoms with Gasteiger partial charge in [-0.15, -0.1) is 0 Å². The first-order valence-corrected chi connectivity index (χ1v) is 6.58. The Balaban J connectivity index is 2.27. The van der Waals surface area contributed by atoms with Gasteiger partial charge in [0, 0.05) is 5.69 Å². The smallest absolute Gasteiger partial charge is 0.238 e. The molecule has 0 aromatic heterocycles. The zero-order chi connectivity index (χ0) is 14.5. The molecular formula is C15H10Cl2N2O. The molecule has 5 heteroatoms. The van der Waals surface area contributed by atoms with Gasteiger partial charge in [-0.2, -0.15) is 5.26 Å². The molecule has 2 rings (SSSR count). The van der Waals surface area contributed by atoms with Gasteiger partial charge in [-0.3, -0.25) is 4.79 Å². The molecular weight excluding hydrogens is 295 g/mol. The van der Waals surface area contributed by atoms with E-state index in [9.17, 15) is 4.79 Å². The number of halogens is 2. The van der Waals surface area contributed by atoms with E-state index in [2.05, 4.69) is 5.32 Å². The average molecular weight is 305 g/mol. The van der Waals surface area contributed by atoms with Gasteiger partial charge in [-0.25, -0.2) is 0 Å². The third-order valence-electron chi connectivity index (χ3n) is 2.64. The van der Waals surface area contributed by atoms with Crippen molar-refractivity contribution < 1.29 is 4.79 Å². The Hall–Kier alpha value is -2.02. The summed E-state index contributed by atoms with van der Waals surface area (Å²) in [5.41, 5.74) is 2.43. The van der Waals surface area contributed by atoms with E-state index in [4.69, 9.17) is 28.5 Å². The van der Waals surface area contributed by atoms with Crippen molar-refractivity contribution in [3.05, 3.63) is 52.5 Å². The number of hydrogen-bond acceptors (Lipinski definition) is 2. The zero-order valence-electron chi connectivity index (χ0n) is 10.4. The monoisotopic (exact) mass is 304 g/mol. The predicted octanol–water partition coefficient (Wildman–Crippen LogP) is 4.51. The van der Waals surface area contributed by atoms with E-state index in [1.807, 2.05) is 24.3 Å². The lowest BCUT2D eigenvalue weighted by atomic mass is 10.1. The SMILES string of the molecule is N#CCC(=O)Nc1cccc(-c2ccc(Cl)c(Cl)c2)c1. The molecule has 0 fully saturated rings. The van der Waals surface area contributed by atoms with Crippen molar-refractivity contribution in [1.29, 1.82) is 5.26 Å². The lowest BCUT2D eigenvalue weighted by Crippen LogP contribution is -2.09. The largest absolute Gasteiger partial charge is 0.325 e. The summed E-state index contributed by atoms with van der Waals surface area (Å²) >= 11 is 11.9. The fraction of sp³-hybridized carbons (Fsp3) is 0.0667. The Bertz CT molecular complexity index is 693. The van der Waals surface area contributed by atoms with Crippen molar-refractivity contribution in [1.82, 2.24) is 0 Å². The molecule has 0 spiro atoms. The van der Waals surface area contributed by atoms with Gasteiger partial charge >= 0.3 is 0 Å². The number of nitrogens with one attached hydrogen (secondary N) is 1. The van der Waals surface area contributed by atoms with E-state index in [1.165, 1.54) is 0 Å². The number of nitrogens with zero attached hydrogens (tertiary/aromatic N) is 1. The topological polar surface area (TPSA) is 52.9 Å². The van der Waals surface area contributed by atoms with Crippen molar-refractivity contribution in [2.24, 2.45) is 0 Å². The van der Waals surface area contributed by atoms with Gasteiger partial charge < -0.3 is 5.32 Å². The summed E-state index contributed by atoms with van der Waals surface area (Å²) in [5.74, 6) is -0.334. The Kier molecular flexibility index (Phi) is 4.62. The summed E-state index contributed by atoms with van der Waals surface area (Å²) in [6.07, 6.45) is -0.170. The van der Waals surface area contributed by atoms with E-state index in [0.29, 0.717) is 15.7 Å². The summed E-state index contributed by atoms with van der Waals surface area (Å²) < 4.78 is 0. The Labute approximate surface area is 126 Å². The maximum atomic E-state index is 11.4. The molecule has 2 aromatic carbocycles. The van der Waals surface area contributed by atoms with Crippen LogP contribution >= 0.6 is 23.2 Å². The van der Waals surface area contributed by atoms with Crippen LogP contribution < -0.4 is 5.32 Å². The number of carbonyl (C=O) groups is 1. The molecule has 0 unspecified atom stereocenters. The molecule has 0 heterocycles. The predicted molar refractivity (Wildman–Crippen MR) is 80.8 cm³/mol. The number of nitriles is 1. The minimum absolute atomic E-state index is 0.170. The molecule has 0 aliphatic heterocycles. The van der Waals surface area contributed by atoms with Crippen molar-refractivity contribution >= 4 is 34.8 Å². The van der Waals surface area contributed by atoms with Gasteiger partial charge in [0.05, 0.1) is 16.1 Å². The molecule has 0 bridgehead atoms.